The predicted octanol–water partition coefficient (Wildman–Crippen LogP) is 2.07. The summed E-state index contributed by atoms with van der Waals surface area (Å²) < 4.78 is 1.94. The Kier molecular flexibility index (Phi) is 4.98. The molecule has 1 N–H and O–H groups in total. The topological polar surface area (TPSA) is 75.4 Å². The SMILES string of the molecule is CCC(CC)n1ccc(CN2CC(C(=O)O)CCC2=O)n1. The van der Waals surface area contributed by atoms with Crippen LogP contribution >= 0.6 is 0 Å². The highest BCUT2D eigenvalue weighted by Crippen LogP contribution is 2.20. The average Bonchev–Trinajstić information content (AvgIpc) is 2.91. The lowest BCUT2D eigenvalue weighted by atomic mass is 9.98. The van der Waals surface area contributed by atoms with Crippen molar-refractivity contribution in [2.75, 3.05) is 6.54 Å². The van der Waals surface area contributed by atoms with Crippen LogP contribution in [0.5, 0.6) is 0 Å². The van der Waals surface area contributed by atoms with E-state index in [-0.39, 0.29) is 12.5 Å². The van der Waals surface area contributed by atoms with Gasteiger partial charge in [-0.25, -0.2) is 0 Å². The van der Waals surface area contributed by atoms with Gasteiger partial charge in [0.25, 0.3) is 0 Å². The van der Waals surface area contributed by atoms with Crippen LogP contribution in [0.4, 0.5) is 0 Å². The molecule has 1 aliphatic rings. The zero-order chi connectivity index (χ0) is 15.4. The molecule has 2 rings (SSSR count). The number of carbonyl (C=O) groups is 2. The molecule has 1 fully saturated rings. The van der Waals surface area contributed by atoms with E-state index in [4.69, 9.17) is 5.11 Å². The van der Waals surface area contributed by atoms with Gasteiger partial charge in [-0.05, 0) is 25.3 Å². The highest BCUT2D eigenvalue weighted by Gasteiger charge is 2.30. The van der Waals surface area contributed by atoms with Crippen molar-refractivity contribution in [3.63, 3.8) is 0 Å². The fraction of sp³-hybridized carbons (Fsp3) is 0.667. The number of carboxylic acids is 1. The molecule has 1 aromatic heterocycles. The lowest BCUT2D eigenvalue weighted by Crippen LogP contribution is -2.42. The van der Waals surface area contributed by atoms with E-state index in [2.05, 4.69) is 18.9 Å². The van der Waals surface area contributed by atoms with Gasteiger partial charge >= 0.3 is 5.97 Å². The Bertz CT molecular complexity index is 508. The van der Waals surface area contributed by atoms with Gasteiger partial charge in [0.05, 0.1) is 24.2 Å². The van der Waals surface area contributed by atoms with Crippen molar-refractivity contribution in [3.8, 4) is 0 Å². The molecule has 116 valence electrons. The number of rotatable bonds is 6. The van der Waals surface area contributed by atoms with Gasteiger partial charge in [0.15, 0.2) is 0 Å². The predicted molar refractivity (Wildman–Crippen MR) is 77.6 cm³/mol. The van der Waals surface area contributed by atoms with Crippen molar-refractivity contribution in [1.82, 2.24) is 14.7 Å². The van der Waals surface area contributed by atoms with Gasteiger partial charge in [0.1, 0.15) is 0 Å². The number of piperidine rings is 1. The fourth-order valence-electron chi connectivity index (χ4n) is 2.79. The summed E-state index contributed by atoms with van der Waals surface area (Å²) in [5, 5.41) is 13.6. The van der Waals surface area contributed by atoms with E-state index in [9.17, 15) is 9.59 Å². The quantitative estimate of drug-likeness (QED) is 0.871. The van der Waals surface area contributed by atoms with Crippen LogP contribution in [0.25, 0.3) is 0 Å². The number of hydrogen-bond acceptors (Lipinski definition) is 3. The molecular weight excluding hydrogens is 270 g/mol. The van der Waals surface area contributed by atoms with Crippen LogP contribution in [0.2, 0.25) is 0 Å². The van der Waals surface area contributed by atoms with Crippen LogP contribution in [0.3, 0.4) is 0 Å². The maximum atomic E-state index is 11.9. The molecular formula is C15H23N3O3. The summed E-state index contributed by atoms with van der Waals surface area (Å²) in [5.74, 6) is -1.26. The number of likely N-dealkylation sites (tertiary alicyclic amines) is 1. The Hall–Kier alpha value is -1.85. The molecule has 0 bridgehead atoms. The number of amides is 1. The highest BCUT2D eigenvalue weighted by molar-refractivity contribution is 5.80. The molecule has 1 atom stereocenters. The van der Waals surface area contributed by atoms with E-state index in [1.165, 1.54) is 0 Å². The van der Waals surface area contributed by atoms with Gasteiger partial charge in [0, 0.05) is 19.2 Å². The Labute approximate surface area is 124 Å². The van der Waals surface area contributed by atoms with Crippen LogP contribution in [-0.2, 0) is 16.1 Å². The third-order valence-electron chi connectivity index (χ3n) is 4.18. The van der Waals surface area contributed by atoms with Crippen molar-refractivity contribution < 1.29 is 14.7 Å². The molecule has 1 saturated heterocycles. The first-order chi connectivity index (χ1) is 10.0. The van der Waals surface area contributed by atoms with E-state index in [0.29, 0.717) is 25.4 Å². The van der Waals surface area contributed by atoms with E-state index < -0.39 is 11.9 Å². The van der Waals surface area contributed by atoms with E-state index in [1.807, 2.05) is 16.9 Å². The molecule has 2 heterocycles. The average molecular weight is 293 g/mol. The normalized spacial score (nSPS) is 19.3. The summed E-state index contributed by atoms with van der Waals surface area (Å²) in [6, 6.07) is 2.29. The Balaban J connectivity index is 2.03. The van der Waals surface area contributed by atoms with Crippen LogP contribution in [0, 0.1) is 5.92 Å². The Morgan fingerprint density at radius 3 is 2.81 bits per heavy atom. The molecule has 6 nitrogen and oxygen atoms in total. The summed E-state index contributed by atoms with van der Waals surface area (Å²) in [5.41, 5.74) is 0.821. The number of hydrogen-bond donors (Lipinski definition) is 1. The highest BCUT2D eigenvalue weighted by atomic mass is 16.4. The first-order valence-corrected chi connectivity index (χ1v) is 7.59. The maximum Gasteiger partial charge on any atom is 0.308 e. The van der Waals surface area contributed by atoms with Crippen LogP contribution < -0.4 is 0 Å². The Morgan fingerprint density at radius 2 is 2.19 bits per heavy atom. The van der Waals surface area contributed by atoms with Crippen LogP contribution in [0.1, 0.15) is 51.3 Å². The first kappa shape index (κ1) is 15.5. The number of aliphatic carboxylic acids is 1. The number of carbonyl (C=O) groups excluding carboxylic acids is 1. The lowest BCUT2D eigenvalue weighted by molar-refractivity contribution is -0.147. The second-order valence-corrected chi connectivity index (χ2v) is 5.61. The zero-order valence-corrected chi connectivity index (χ0v) is 12.7. The number of aromatic nitrogens is 2. The van der Waals surface area contributed by atoms with Gasteiger partial charge in [-0.1, -0.05) is 13.8 Å². The third-order valence-corrected chi connectivity index (χ3v) is 4.18. The second kappa shape index (κ2) is 6.74. The van der Waals surface area contributed by atoms with Gasteiger partial charge in [-0.3, -0.25) is 14.3 Å². The molecule has 21 heavy (non-hydrogen) atoms. The first-order valence-electron chi connectivity index (χ1n) is 7.59. The lowest BCUT2D eigenvalue weighted by Gasteiger charge is -2.30. The molecule has 1 unspecified atom stereocenters. The van der Waals surface area contributed by atoms with Crippen LogP contribution in [0.15, 0.2) is 12.3 Å². The maximum absolute atomic E-state index is 11.9. The van der Waals surface area contributed by atoms with Gasteiger partial charge in [0.2, 0.25) is 5.91 Å². The zero-order valence-electron chi connectivity index (χ0n) is 12.7. The summed E-state index contributed by atoms with van der Waals surface area (Å²) in [7, 11) is 0. The van der Waals surface area contributed by atoms with Crippen molar-refractivity contribution in [3.05, 3.63) is 18.0 Å². The minimum Gasteiger partial charge on any atom is -0.481 e. The van der Waals surface area contributed by atoms with Gasteiger partial charge < -0.3 is 10.0 Å². The summed E-state index contributed by atoms with van der Waals surface area (Å²) in [6.07, 6.45) is 4.72. The number of nitrogens with zero attached hydrogens (tertiary/aromatic N) is 3. The van der Waals surface area contributed by atoms with Crippen LogP contribution in [-0.4, -0.2) is 38.2 Å². The minimum absolute atomic E-state index is 0.0181. The van der Waals surface area contributed by atoms with Crippen molar-refractivity contribution >= 4 is 11.9 Å². The molecule has 0 saturated carbocycles. The monoisotopic (exact) mass is 293 g/mol. The molecule has 0 spiro atoms. The molecule has 1 amide bonds. The standard InChI is InChI=1S/C15H23N3O3/c1-3-13(4-2)18-8-7-12(16-18)10-17-9-11(15(20)21)5-6-14(17)19/h7-8,11,13H,3-6,9-10H2,1-2H3,(H,20,21). The molecule has 1 aliphatic heterocycles. The van der Waals surface area contributed by atoms with Crippen molar-refractivity contribution in [2.24, 2.45) is 5.92 Å². The second-order valence-electron chi connectivity index (χ2n) is 5.61. The van der Waals surface area contributed by atoms with E-state index >= 15 is 0 Å². The summed E-state index contributed by atoms with van der Waals surface area (Å²) >= 11 is 0. The summed E-state index contributed by atoms with van der Waals surface area (Å²) in [4.78, 5) is 24.6. The van der Waals surface area contributed by atoms with Gasteiger partial charge in [-0.15, -0.1) is 0 Å². The molecule has 0 radical (unpaired) electrons. The molecule has 0 aromatic carbocycles. The van der Waals surface area contributed by atoms with Crippen molar-refractivity contribution in [2.45, 2.75) is 52.1 Å². The van der Waals surface area contributed by atoms with Gasteiger partial charge in [-0.2, -0.15) is 5.10 Å². The largest absolute Gasteiger partial charge is 0.481 e. The van der Waals surface area contributed by atoms with E-state index in [1.54, 1.807) is 4.90 Å². The minimum atomic E-state index is -0.824. The fourth-order valence-corrected chi connectivity index (χ4v) is 2.79. The van der Waals surface area contributed by atoms with Crippen molar-refractivity contribution in [1.29, 1.82) is 0 Å². The molecule has 0 aliphatic carbocycles. The Morgan fingerprint density at radius 1 is 1.48 bits per heavy atom. The molecule has 1 aromatic rings. The number of carboxylic acid groups (broad SMARTS) is 1. The molecule has 6 heteroatoms. The summed E-state index contributed by atoms with van der Waals surface area (Å²) in [6.45, 7) is 4.93. The smallest absolute Gasteiger partial charge is 0.308 e. The third kappa shape index (κ3) is 3.62. The van der Waals surface area contributed by atoms with E-state index in [0.717, 1.165) is 18.5 Å².